The highest BCUT2D eigenvalue weighted by Crippen LogP contribution is 2.31. The lowest BCUT2D eigenvalue weighted by Crippen LogP contribution is -2.17. The zero-order valence-electron chi connectivity index (χ0n) is 32.2. The minimum absolute atomic E-state index is 0. The summed E-state index contributed by atoms with van der Waals surface area (Å²) in [5.74, 6) is -0.460. The number of hydrogen-bond acceptors (Lipinski definition) is 7. The predicted molar refractivity (Wildman–Crippen MR) is 229 cm³/mol. The lowest BCUT2D eigenvalue weighted by Gasteiger charge is -2.14. The van der Waals surface area contributed by atoms with E-state index in [1.807, 2.05) is 98.3 Å². The topological polar surface area (TPSA) is 104 Å². The van der Waals surface area contributed by atoms with E-state index in [0.29, 0.717) is 13.0 Å². The number of carbonyl (C=O) groups excluding carboxylic acids is 2. The van der Waals surface area contributed by atoms with Crippen molar-refractivity contribution in [3.05, 3.63) is 178 Å². The van der Waals surface area contributed by atoms with Crippen molar-refractivity contribution in [2.24, 2.45) is 5.73 Å². The highest BCUT2D eigenvalue weighted by atomic mass is 35.5. The Morgan fingerprint density at radius 3 is 1.41 bits per heavy atom. The molecule has 0 spiro atoms. The maximum Gasteiger partial charge on any atom is 0.308 e. The number of hydrogen-bond donors (Lipinski definition) is 1. The molecule has 0 aliphatic heterocycles. The molecule has 0 amide bonds. The molecular formula is C48H54ClN3O4. The first-order valence-corrected chi connectivity index (χ1v) is 18.3. The van der Waals surface area contributed by atoms with E-state index < -0.39 is 6.04 Å². The molecule has 0 aliphatic rings. The summed E-state index contributed by atoms with van der Waals surface area (Å²) in [4.78, 5) is 33.1. The monoisotopic (exact) mass is 771 g/mol. The number of pyridine rings is 2. The number of rotatable bonds is 12. The highest BCUT2D eigenvalue weighted by Gasteiger charge is 2.17. The van der Waals surface area contributed by atoms with Crippen molar-refractivity contribution in [3.8, 4) is 22.3 Å². The number of ether oxygens (including phenoxy) is 2. The van der Waals surface area contributed by atoms with Gasteiger partial charge in [-0.2, -0.15) is 0 Å². The van der Waals surface area contributed by atoms with Crippen molar-refractivity contribution in [3.63, 3.8) is 0 Å². The van der Waals surface area contributed by atoms with Gasteiger partial charge in [0.15, 0.2) is 0 Å². The number of halogens is 1. The molecule has 7 nitrogen and oxygen atoms in total. The van der Waals surface area contributed by atoms with Gasteiger partial charge in [0.2, 0.25) is 0 Å². The van der Waals surface area contributed by atoms with Gasteiger partial charge in [0, 0.05) is 42.0 Å². The number of nitrogens with zero attached hydrogens (tertiary/aromatic N) is 2. The fourth-order valence-electron chi connectivity index (χ4n) is 6.46. The van der Waals surface area contributed by atoms with E-state index in [1.54, 1.807) is 6.20 Å². The zero-order valence-corrected chi connectivity index (χ0v) is 33.0. The molecule has 2 heterocycles. The summed E-state index contributed by atoms with van der Waals surface area (Å²) in [6.07, 6.45) is 7.73. The third-order valence-electron chi connectivity index (χ3n) is 9.40. The molecule has 0 bridgehead atoms. The van der Waals surface area contributed by atoms with E-state index in [2.05, 4.69) is 74.1 Å². The summed E-state index contributed by atoms with van der Waals surface area (Å²) in [5, 5.41) is 0. The van der Waals surface area contributed by atoms with E-state index in [9.17, 15) is 9.59 Å². The maximum atomic E-state index is 12.2. The fourth-order valence-corrected chi connectivity index (χ4v) is 6.46. The Labute approximate surface area is 338 Å². The molecule has 8 heteroatoms. The number of aromatic nitrogens is 2. The van der Waals surface area contributed by atoms with Crippen LogP contribution in [-0.2, 0) is 32.3 Å². The van der Waals surface area contributed by atoms with Crippen molar-refractivity contribution in [2.45, 2.75) is 80.1 Å². The third-order valence-corrected chi connectivity index (χ3v) is 9.40. The molecule has 6 rings (SSSR count). The zero-order chi connectivity index (χ0) is 38.5. The molecule has 0 saturated carbocycles. The summed E-state index contributed by atoms with van der Waals surface area (Å²) in [5.41, 5.74) is 19.4. The standard InChI is InChI=1S/C24H25NO2.C23H24N2O2.CH4.ClH/c1-17-8-7-9-18(2)24(17)22-13-21(14-25-15-22)19(3)12-23(26)27-16-20-10-5-4-6-11-20;1-16-7-6-8-17(2)23(16)20-11-19(13-25-14-20)21(24)12-22(26)27-15-18-9-4-3-5-10-18;;/h4-11,13-15,19H,12,16H2,1-3H3;3-11,13-14,21H,12,15,24H2,1-2H3;1H4;1H. The molecule has 56 heavy (non-hydrogen) atoms. The minimum atomic E-state index is -0.454. The number of esters is 2. The van der Waals surface area contributed by atoms with Crippen LogP contribution in [0, 0.1) is 27.7 Å². The van der Waals surface area contributed by atoms with E-state index in [4.69, 9.17) is 15.2 Å². The van der Waals surface area contributed by atoms with Gasteiger partial charge in [0.05, 0.1) is 12.8 Å². The minimum Gasteiger partial charge on any atom is -0.461 e. The second-order valence-electron chi connectivity index (χ2n) is 13.8. The average Bonchev–Trinajstić information content (AvgIpc) is 3.17. The van der Waals surface area contributed by atoms with Crippen molar-refractivity contribution >= 4 is 24.3 Å². The van der Waals surface area contributed by atoms with Gasteiger partial charge in [0.1, 0.15) is 13.2 Å². The molecule has 292 valence electrons. The Hall–Kier alpha value is -5.63. The van der Waals surface area contributed by atoms with Crippen LogP contribution in [0.1, 0.15) is 83.7 Å². The smallest absolute Gasteiger partial charge is 0.308 e. The number of aryl methyl sites for hydroxylation is 4. The van der Waals surface area contributed by atoms with E-state index in [-0.39, 0.29) is 50.7 Å². The SMILES string of the molecule is C.Cc1cccc(C)c1-c1cncc(C(C)CC(=O)OCc2ccccc2)c1.Cc1cccc(C)c1-c1cncc(C(N)CC(=O)OCc2ccccc2)c1.Cl. The normalized spacial score (nSPS) is 11.4. The molecule has 2 unspecified atom stereocenters. The number of carbonyl (C=O) groups is 2. The quantitative estimate of drug-likeness (QED) is 0.124. The fraction of sp³-hybridized carbons (Fsp3) is 0.250. The van der Waals surface area contributed by atoms with E-state index in [1.165, 1.54) is 27.8 Å². The average molecular weight is 772 g/mol. The van der Waals surface area contributed by atoms with Gasteiger partial charge in [-0.15, -0.1) is 12.4 Å². The lowest BCUT2D eigenvalue weighted by atomic mass is 9.93. The summed E-state index contributed by atoms with van der Waals surface area (Å²) in [6.45, 7) is 11.0. The Morgan fingerprint density at radius 1 is 0.571 bits per heavy atom. The first-order valence-electron chi connectivity index (χ1n) is 18.3. The molecule has 6 aromatic rings. The Bertz CT molecular complexity index is 1960. The van der Waals surface area contributed by atoms with Crippen LogP contribution in [0.3, 0.4) is 0 Å². The molecule has 2 atom stereocenters. The summed E-state index contributed by atoms with van der Waals surface area (Å²) in [7, 11) is 0. The summed E-state index contributed by atoms with van der Waals surface area (Å²) < 4.78 is 10.7. The molecule has 0 radical (unpaired) electrons. The lowest BCUT2D eigenvalue weighted by molar-refractivity contribution is -0.146. The molecule has 2 N–H and O–H groups in total. The van der Waals surface area contributed by atoms with Crippen LogP contribution in [0.15, 0.2) is 134 Å². The molecular weight excluding hydrogens is 718 g/mol. The molecule has 0 aliphatic carbocycles. The van der Waals surface area contributed by atoms with Crippen LogP contribution < -0.4 is 5.73 Å². The van der Waals surface area contributed by atoms with Gasteiger partial charge in [-0.1, -0.05) is 111 Å². The van der Waals surface area contributed by atoms with Crippen molar-refractivity contribution in [1.29, 1.82) is 0 Å². The van der Waals surface area contributed by atoms with Crippen LogP contribution in [0.2, 0.25) is 0 Å². The number of nitrogens with two attached hydrogens (primary N) is 1. The Balaban J connectivity index is 0.000000290. The van der Waals surface area contributed by atoms with Crippen molar-refractivity contribution in [1.82, 2.24) is 9.97 Å². The molecule has 0 saturated heterocycles. The van der Waals surface area contributed by atoms with Crippen LogP contribution >= 0.6 is 12.4 Å². The van der Waals surface area contributed by atoms with Crippen molar-refractivity contribution in [2.75, 3.05) is 0 Å². The predicted octanol–water partition coefficient (Wildman–Crippen LogP) is 11.2. The first-order chi connectivity index (χ1) is 26.1. The Morgan fingerprint density at radius 2 is 0.964 bits per heavy atom. The van der Waals surface area contributed by atoms with Gasteiger partial charge in [-0.3, -0.25) is 19.6 Å². The van der Waals surface area contributed by atoms with Gasteiger partial charge in [-0.05, 0) is 101 Å². The van der Waals surface area contributed by atoms with Crippen LogP contribution in [0.5, 0.6) is 0 Å². The van der Waals surface area contributed by atoms with E-state index in [0.717, 1.165) is 38.9 Å². The summed E-state index contributed by atoms with van der Waals surface area (Å²) >= 11 is 0. The van der Waals surface area contributed by atoms with Crippen LogP contribution in [0.25, 0.3) is 22.3 Å². The van der Waals surface area contributed by atoms with Gasteiger partial charge < -0.3 is 15.2 Å². The van der Waals surface area contributed by atoms with Gasteiger partial charge in [0.25, 0.3) is 0 Å². The number of benzene rings is 4. The first kappa shape index (κ1) is 44.8. The van der Waals surface area contributed by atoms with Crippen molar-refractivity contribution < 1.29 is 19.1 Å². The Kier molecular flexibility index (Phi) is 17.6. The van der Waals surface area contributed by atoms with Gasteiger partial charge >= 0.3 is 11.9 Å². The summed E-state index contributed by atoms with van der Waals surface area (Å²) in [6, 6.07) is 35.5. The molecule has 2 aromatic heterocycles. The molecule has 4 aromatic carbocycles. The maximum absolute atomic E-state index is 12.2. The second kappa shape index (κ2) is 22.1. The van der Waals surface area contributed by atoms with Crippen LogP contribution in [0.4, 0.5) is 0 Å². The highest BCUT2D eigenvalue weighted by molar-refractivity contribution is 5.85. The second-order valence-corrected chi connectivity index (χ2v) is 13.8. The van der Waals surface area contributed by atoms with Crippen LogP contribution in [-0.4, -0.2) is 21.9 Å². The van der Waals surface area contributed by atoms with Gasteiger partial charge in [-0.25, -0.2) is 0 Å². The van der Waals surface area contributed by atoms with E-state index >= 15 is 0 Å². The third kappa shape index (κ3) is 12.7. The largest absolute Gasteiger partial charge is 0.461 e. The molecule has 0 fully saturated rings.